The van der Waals surface area contributed by atoms with Crippen LogP contribution in [-0.2, 0) is 11.2 Å². The molecule has 3 rings (SSSR count). The van der Waals surface area contributed by atoms with Gasteiger partial charge in [-0.2, -0.15) is 0 Å². The molecule has 2 amide bonds. The summed E-state index contributed by atoms with van der Waals surface area (Å²) in [6.07, 6.45) is 3.47. The van der Waals surface area contributed by atoms with Gasteiger partial charge in [-0.25, -0.2) is 4.79 Å². The molecule has 136 valence electrons. The largest absolute Gasteiger partial charge is 0.427 e. The maximum absolute atomic E-state index is 12.5. The van der Waals surface area contributed by atoms with Crippen LogP contribution in [0.15, 0.2) is 39.5 Å². The average Bonchev–Trinajstić information content (AvgIpc) is 2.54. The fourth-order valence-electron chi connectivity index (χ4n) is 2.97. The quantitative estimate of drug-likeness (QED) is 0.864. The fourth-order valence-corrected chi connectivity index (χ4v) is 2.97. The van der Waals surface area contributed by atoms with E-state index in [1.54, 1.807) is 44.3 Å². The normalized spacial score (nSPS) is 13.8. The molecule has 1 aliphatic rings. The molecule has 2 N–H and O–H groups in total. The maximum atomic E-state index is 12.5. The van der Waals surface area contributed by atoms with Crippen LogP contribution in [-0.4, -0.2) is 18.9 Å². The molecule has 6 heteroatoms. The van der Waals surface area contributed by atoms with Crippen molar-refractivity contribution >= 4 is 17.5 Å². The highest BCUT2D eigenvalue weighted by molar-refractivity contribution is 6.04. The van der Waals surface area contributed by atoms with Gasteiger partial charge in [0.15, 0.2) is 0 Å². The Kier molecular flexibility index (Phi) is 5.21. The molecule has 0 radical (unpaired) electrons. The van der Waals surface area contributed by atoms with E-state index in [4.69, 9.17) is 4.42 Å². The summed E-state index contributed by atoms with van der Waals surface area (Å²) in [5.41, 5.74) is 1.44. The number of amides is 2. The van der Waals surface area contributed by atoms with Crippen molar-refractivity contribution in [3.05, 3.63) is 63.2 Å². The molecule has 0 saturated heterocycles. The molecule has 2 aromatic rings. The molecule has 0 spiro atoms. The second kappa shape index (κ2) is 7.56. The molecule has 1 heterocycles. The van der Waals surface area contributed by atoms with Gasteiger partial charge in [-0.3, -0.25) is 9.59 Å². The lowest BCUT2D eigenvalue weighted by atomic mass is 9.83. The molecule has 1 aromatic heterocycles. The van der Waals surface area contributed by atoms with E-state index in [1.807, 2.05) is 0 Å². The number of likely N-dealkylation sites (N-methyl/N-ethyl adjacent to an activating group) is 1. The topological polar surface area (TPSA) is 88.4 Å². The Hall–Kier alpha value is -2.89. The maximum Gasteiger partial charge on any atom is 0.349 e. The first kappa shape index (κ1) is 17.9. The summed E-state index contributed by atoms with van der Waals surface area (Å²) in [7, 11) is 1.58. The first-order valence-corrected chi connectivity index (χ1v) is 8.73. The van der Waals surface area contributed by atoms with Gasteiger partial charge in [-0.05, 0) is 49.1 Å². The monoisotopic (exact) mass is 354 g/mol. The van der Waals surface area contributed by atoms with E-state index in [1.165, 1.54) is 0 Å². The summed E-state index contributed by atoms with van der Waals surface area (Å²) >= 11 is 0. The van der Waals surface area contributed by atoms with Crippen LogP contribution >= 0.6 is 0 Å². The molecule has 6 nitrogen and oxygen atoms in total. The average molecular weight is 354 g/mol. The molecule has 0 aliphatic heterocycles. The van der Waals surface area contributed by atoms with E-state index >= 15 is 0 Å². The van der Waals surface area contributed by atoms with Gasteiger partial charge in [0.2, 0.25) is 5.91 Å². The van der Waals surface area contributed by atoms with Gasteiger partial charge < -0.3 is 15.1 Å². The molecular weight excluding hydrogens is 332 g/mol. The van der Waals surface area contributed by atoms with Crippen LogP contribution in [0.3, 0.4) is 0 Å². The number of carbonyl (C=O) groups excluding carboxylic acids is 2. The second-order valence-electron chi connectivity index (χ2n) is 6.62. The zero-order valence-corrected chi connectivity index (χ0v) is 14.9. The van der Waals surface area contributed by atoms with E-state index in [0.29, 0.717) is 22.9 Å². The van der Waals surface area contributed by atoms with Crippen molar-refractivity contribution in [1.29, 1.82) is 0 Å². The molecule has 0 bridgehead atoms. The van der Waals surface area contributed by atoms with Crippen molar-refractivity contribution in [3.8, 4) is 0 Å². The van der Waals surface area contributed by atoms with Crippen LogP contribution in [0, 0.1) is 6.92 Å². The minimum atomic E-state index is -0.597. The number of carbonyl (C=O) groups is 2. The summed E-state index contributed by atoms with van der Waals surface area (Å²) in [5, 5.41) is 5.27. The Labute approximate surface area is 151 Å². The Morgan fingerprint density at radius 3 is 2.42 bits per heavy atom. The molecule has 0 atom stereocenters. The van der Waals surface area contributed by atoms with Crippen LogP contribution in [0.25, 0.3) is 0 Å². The molecule has 1 fully saturated rings. The summed E-state index contributed by atoms with van der Waals surface area (Å²) in [6, 6.07) is 8.73. The predicted octanol–water partition coefficient (Wildman–Crippen LogP) is 2.76. The van der Waals surface area contributed by atoms with Gasteiger partial charge in [0.25, 0.3) is 5.91 Å². The number of benzene rings is 1. The van der Waals surface area contributed by atoms with Crippen molar-refractivity contribution in [1.82, 2.24) is 5.32 Å². The predicted molar refractivity (Wildman–Crippen MR) is 98.5 cm³/mol. The smallest absolute Gasteiger partial charge is 0.349 e. The van der Waals surface area contributed by atoms with Gasteiger partial charge in [0.1, 0.15) is 11.3 Å². The highest BCUT2D eigenvalue weighted by Gasteiger charge is 2.25. The zero-order chi connectivity index (χ0) is 18.7. The first-order valence-electron chi connectivity index (χ1n) is 8.73. The lowest BCUT2D eigenvalue weighted by Crippen LogP contribution is -2.24. The first-order chi connectivity index (χ1) is 12.5. The summed E-state index contributed by atoms with van der Waals surface area (Å²) in [4.78, 5) is 36.1. The van der Waals surface area contributed by atoms with Gasteiger partial charge in [-0.1, -0.05) is 18.6 Å². The Balaban J connectivity index is 1.73. The Morgan fingerprint density at radius 2 is 1.88 bits per heavy atom. The second-order valence-corrected chi connectivity index (χ2v) is 6.62. The number of aryl methyl sites for hydroxylation is 1. The SMILES string of the molecule is CNC(=O)Cc1ccc(NC(=O)c2c(C)cc(C3CCC3)oc2=O)cc1. The van der Waals surface area contributed by atoms with Crippen LogP contribution in [0.2, 0.25) is 0 Å². The van der Waals surface area contributed by atoms with Crippen molar-refractivity contribution in [2.45, 2.75) is 38.5 Å². The van der Waals surface area contributed by atoms with Gasteiger partial charge in [0, 0.05) is 18.7 Å². The van der Waals surface area contributed by atoms with Crippen LogP contribution in [0.1, 0.15) is 52.4 Å². The standard InChI is InChI=1S/C20H22N2O4/c1-12-10-16(14-4-3-5-14)26-20(25)18(12)19(24)22-15-8-6-13(7-9-15)11-17(23)21-2/h6-10,14H,3-5,11H2,1-2H3,(H,21,23)(H,22,24). The number of rotatable bonds is 5. The summed E-state index contributed by atoms with van der Waals surface area (Å²) in [6.45, 7) is 1.75. The van der Waals surface area contributed by atoms with E-state index in [2.05, 4.69) is 10.6 Å². The third kappa shape index (κ3) is 3.85. The van der Waals surface area contributed by atoms with E-state index < -0.39 is 11.5 Å². The Morgan fingerprint density at radius 1 is 1.19 bits per heavy atom. The highest BCUT2D eigenvalue weighted by Crippen LogP contribution is 2.36. The van der Waals surface area contributed by atoms with Crippen LogP contribution < -0.4 is 16.3 Å². The number of hydrogen-bond acceptors (Lipinski definition) is 4. The Bertz CT molecular complexity index is 880. The molecule has 1 saturated carbocycles. The third-order valence-electron chi connectivity index (χ3n) is 4.76. The minimum absolute atomic E-state index is 0.0301. The highest BCUT2D eigenvalue weighted by atomic mass is 16.4. The third-order valence-corrected chi connectivity index (χ3v) is 4.76. The zero-order valence-electron chi connectivity index (χ0n) is 14.9. The summed E-state index contributed by atoms with van der Waals surface area (Å²) in [5.74, 6) is 0.400. The van der Waals surface area contributed by atoms with Gasteiger partial charge in [-0.15, -0.1) is 0 Å². The lowest BCUT2D eigenvalue weighted by molar-refractivity contribution is -0.119. The fraction of sp³-hybridized carbons (Fsp3) is 0.350. The minimum Gasteiger partial charge on any atom is -0.427 e. The van der Waals surface area contributed by atoms with Crippen LogP contribution in [0.5, 0.6) is 0 Å². The van der Waals surface area contributed by atoms with Gasteiger partial charge >= 0.3 is 5.63 Å². The molecule has 0 unspecified atom stereocenters. The van der Waals surface area contributed by atoms with Gasteiger partial charge in [0.05, 0.1) is 6.42 Å². The lowest BCUT2D eigenvalue weighted by Gasteiger charge is -2.24. The van der Waals surface area contributed by atoms with Crippen molar-refractivity contribution in [2.75, 3.05) is 12.4 Å². The summed E-state index contributed by atoms with van der Waals surface area (Å²) < 4.78 is 5.37. The number of hydrogen-bond donors (Lipinski definition) is 2. The number of anilines is 1. The molecule has 26 heavy (non-hydrogen) atoms. The molecule has 1 aliphatic carbocycles. The van der Waals surface area contributed by atoms with E-state index in [-0.39, 0.29) is 17.9 Å². The van der Waals surface area contributed by atoms with E-state index in [9.17, 15) is 14.4 Å². The van der Waals surface area contributed by atoms with Crippen molar-refractivity contribution in [2.24, 2.45) is 0 Å². The molecular formula is C20H22N2O4. The number of nitrogens with one attached hydrogen (secondary N) is 2. The molecule has 1 aromatic carbocycles. The van der Waals surface area contributed by atoms with Crippen molar-refractivity contribution < 1.29 is 14.0 Å². The van der Waals surface area contributed by atoms with Crippen molar-refractivity contribution in [3.63, 3.8) is 0 Å². The van der Waals surface area contributed by atoms with Crippen LogP contribution in [0.4, 0.5) is 5.69 Å². The van der Waals surface area contributed by atoms with E-state index in [0.717, 1.165) is 24.8 Å².